The summed E-state index contributed by atoms with van der Waals surface area (Å²) < 4.78 is 1.22. The lowest BCUT2D eigenvalue weighted by molar-refractivity contribution is 0.330. The van der Waals surface area contributed by atoms with E-state index in [0.717, 1.165) is 11.6 Å². The Morgan fingerprint density at radius 3 is 2.59 bits per heavy atom. The molecule has 1 aliphatic rings. The van der Waals surface area contributed by atoms with E-state index in [9.17, 15) is 0 Å². The van der Waals surface area contributed by atoms with E-state index < -0.39 is 0 Å². The van der Waals surface area contributed by atoms with Gasteiger partial charge < -0.3 is 11.1 Å². The molecule has 0 saturated heterocycles. The van der Waals surface area contributed by atoms with Crippen LogP contribution in [-0.4, -0.2) is 6.04 Å². The fourth-order valence-electron chi connectivity index (χ4n) is 2.58. The van der Waals surface area contributed by atoms with Crippen LogP contribution in [-0.2, 0) is 0 Å². The average Bonchev–Trinajstić information content (AvgIpc) is 2.34. The summed E-state index contributed by atoms with van der Waals surface area (Å²) in [6, 6.07) is 6.75. The highest BCUT2D eigenvalue weighted by atomic mass is 127. The molecule has 0 aliphatic heterocycles. The molecule has 2 nitrogen and oxygen atoms in total. The van der Waals surface area contributed by atoms with E-state index in [2.05, 4.69) is 40.9 Å². The van der Waals surface area contributed by atoms with Crippen LogP contribution in [0.25, 0.3) is 0 Å². The van der Waals surface area contributed by atoms with Crippen molar-refractivity contribution in [3.63, 3.8) is 0 Å². The molecule has 0 amide bonds. The van der Waals surface area contributed by atoms with Gasteiger partial charge in [-0.3, -0.25) is 0 Å². The van der Waals surface area contributed by atoms with Crippen LogP contribution in [0.4, 0.5) is 11.4 Å². The fraction of sp³-hybridized carbons (Fsp3) is 0.571. The number of halogens is 1. The van der Waals surface area contributed by atoms with Crippen LogP contribution in [0.2, 0.25) is 0 Å². The van der Waals surface area contributed by atoms with E-state index >= 15 is 0 Å². The fourth-order valence-corrected chi connectivity index (χ4v) is 3.28. The number of benzene rings is 1. The molecule has 17 heavy (non-hydrogen) atoms. The smallest absolute Gasteiger partial charge is 0.0479 e. The molecule has 0 bridgehead atoms. The number of nitrogen functional groups attached to an aromatic ring is 1. The quantitative estimate of drug-likeness (QED) is 0.635. The predicted octanol–water partition coefficient (Wildman–Crippen LogP) is 4.25. The lowest BCUT2D eigenvalue weighted by Crippen LogP contribution is -2.26. The Bertz CT molecular complexity index is 370. The van der Waals surface area contributed by atoms with E-state index in [1.165, 1.54) is 41.4 Å². The standard InChI is InChI=1S/C14H21IN2/c1-2-10-3-6-12(7-4-10)17-14-8-5-11(16)9-13(14)15/h5,8-10,12,17H,2-4,6-7,16H2,1H3. The van der Waals surface area contributed by atoms with Gasteiger partial charge in [0.15, 0.2) is 0 Å². The second kappa shape index (κ2) is 5.94. The molecule has 1 saturated carbocycles. The predicted molar refractivity (Wildman–Crippen MR) is 83.2 cm³/mol. The highest BCUT2D eigenvalue weighted by molar-refractivity contribution is 14.1. The summed E-state index contributed by atoms with van der Waals surface area (Å²) in [7, 11) is 0. The Labute approximate surface area is 117 Å². The van der Waals surface area contributed by atoms with Crippen molar-refractivity contribution >= 4 is 34.0 Å². The minimum atomic E-state index is 0.648. The summed E-state index contributed by atoms with van der Waals surface area (Å²) in [6.07, 6.45) is 6.70. The van der Waals surface area contributed by atoms with E-state index in [4.69, 9.17) is 5.73 Å². The van der Waals surface area contributed by atoms with Crippen molar-refractivity contribution in [3.05, 3.63) is 21.8 Å². The maximum absolute atomic E-state index is 5.76. The first kappa shape index (κ1) is 13.0. The van der Waals surface area contributed by atoms with Gasteiger partial charge in [-0.25, -0.2) is 0 Å². The monoisotopic (exact) mass is 344 g/mol. The third-order valence-corrected chi connectivity index (χ3v) is 4.67. The molecular formula is C14H21IN2. The maximum Gasteiger partial charge on any atom is 0.0479 e. The average molecular weight is 344 g/mol. The Hall–Kier alpha value is -0.450. The SMILES string of the molecule is CCC1CCC(Nc2ccc(N)cc2I)CC1. The Balaban J connectivity index is 1.93. The zero-order valence-corrected chi connectivity index (χ0v) is 12.5. The molecule has 3 heteroatoms. The normalized spacial score (nSPS) is 24.6. The summed E-state index contributed by atoms with van der Waals surface area (Å²) in [4.78, 5) is 0. The van der Waals surface area contributed by atoms with E-state index in [1.54, 1.807) is 0 Å². The van der Waals surface area contributed by atoms with E-state index in [1.807, 2.05) is 12.1 Å². The Morgan fingerprint density at radius 1 is 1.29 bits per heavy atom. The van der Waals surface area contributed by atoms with Crippen LogP contribution < -0.4 is 11.1 Å². The van der Waals surface area contributed by atoms with Crippen molar-refractivity contribution in [1.29, 1.82) is 0 Å². The summed E-state index contributed by atoms with van der Waals surface area (Å²) in [6.45, 7) is 2.31. The van der Waals surface area contributed by atoms with E-state index in [-0.39, 0.29) is 0 Å². The van der Waals surface area contributed by atoms with Gasteiger partial charge in [-0.1, -0.05) is 13.3 Å². The highest BCUT2D eigenvalue weighted by Crippen LogP contribution is 2.30. The van der Waals surface area contributed by atoms with Crippen molar-refractivity contribution in [1.82, 2.24) is 0 Å². The molecule has 0 heterocycles. The van der Waals surface area contributed by atoms with Gasteiger partial charge in [0.25, 0.3) is 0 Å². The number of hydrogen-bond donors (Lipinski definition) is 2. The molecule has 3 N–H and O–H groups in total. The zero-order chi connectivity index (χ0) is 12.3. The van der Waals surface area contributed by atoms with Crippen LogP contribution in [0.3, 0.4) is 0 Å². The molecule has 0 unspecified atom stereocenters. The first-order valence-corrected chi connectivity index (χ1v) is 7.58. The molecule has 1 fully saturated rings. The third-order valence-electron chi connectivity index (χ3n) is 3.78. The van der Waals surface area contributed by atoms with Gasteiger partial charge in [-0.05, 0) is 72.4 Å². The largest absolute Gasteiger partial charge is 0.399 e. The van der Waals surface area contributed by atoms with Crippen molar-refractivity contribution in [2.75, 3.05) is 11.1 Å². The lowest BCUT2D eigenvalue weighted by atomic mass is 9.84. The number of nitrogens with two attached hydrogens (primary N) is 1. The highest BCUT2D eigenvalue weighted by Gasteiger charge is 2.20. The molecule has 1 aliphatic carbocycles. The zero-order valence-electron chi connectivity index (χ0n) is 10.4. The topological polar surface area (TPSA) is 38.0 Å². The van der Waals surface area contributed by atoms with Crippen LogP contribution in [0.15, 0.2) is 18.2 Å². The van der Waals surface area contributed by atoms with Crippen LogP contribution in [0, 0.1) is 9.49 Å². The minimum absolute atomic E-state index is 0.648. The second-order valence-electron chi connectivity index (χ2n) is 5.01. The van der Waals surface area contributed by atoms with Crippen molar-refractivity contribution < 1.29 is 0 Å². The molecule has 0 radical (unpaired) electrons. The van der Waals surface area contributed by atoms with Crippen molar-refractivity contribution in [3.8, 4) is 0 Å². The summed E-state index contributed by atoms with van der Waals surface area (Å²) in [5.41, 5.74) is 7.84. The van der Waals surface area contributed by atoms with Gasteiger partial charge in [-0.15, -0.1) is 0 Å². The Kier molecular flexibility index (Phi) is 4.54. The number of hydrogen-bond acceptors (Lipinski definition) is 2. The molecule has 0 atom stereocenters. The van der Waals surface area contributed by atoms with Crippen LogP contribution in [0.1, 0.15) is 39.0 Å². The molecule has 1 aromatic rings. The molecule has 94 valence electrons. The van der Waals surface area contributed by atoms with Gasteiger partial charge in [0.05, 0.1) is 0 Å². The maximum atomic E-state index is 5.76. The van der Waals surface area contributed by atoms with Gasteiger partial charge in [0.1, 0.15) is 0 Å². The first-order valence-electron chi connectivity index (χ1n) is 6.50. The van der Waals surface area contributed by atoms with Crippen molar-refractivity contribution in [2.24, 2.45) is 5.92 Å². The Morgan fingerprint density at radius 2 is 2.00 bits per heavy atom. The summed E-state index contributed by atoms with van der Waals surface area (Å²) in [5.74, 6) is 0.957. The van der Waals surface area contributed by atoms with Crippen molar-refractivity contribution in [2.45, 2.75) is 45.1 Å². The van der Waals surface area contributed by atoms with Crippen LogP contribution >= 0.6 is 22.6 Å². The number of rotatable bonds is 3. The third kappa shape index (κ3) is 3.50. The molecule has 1 aromatic carbocycles. The number of nitrogens with one attached hydrogen (secondary N) is 1. The van der Waals surface area contributed by atoms with Gasteiger partial charge in [0.2, 0.25) is 0 Å². The lowest BCUT2D eigenvalue weighted by Gasteiger charge is -2.29. The van der Waals surface area contributed by atoms with Gasteiger partial charge in [0, 0.05) is 21.0 Å². The molecule has 0 spiro atoms. The summed E-state index contributed by atoms with van der Waals surface area (Å²) >= 11 is 2.35. The second-order valence-corrected chi connectivity index (χ2v) is 6.17. The van der Waals surface area contributed by atoms with Gasteiger partial charge in [-0.2, -0.15) is 0 Å². The molecule has 2 rings (SSSR count). The minimum Gasteiger partial charge on any atom is -0.399 e. The first-order chi connectivity index (χ1) is 8.19. The summed E-state index contributed by atoms with van der Waals surface area (Å²) in [5, 5.41) is 3.66. The molecule has 0 aromatic heterocycles. The molecular weight excluding hydrogens is 323 g/mol. The van der Waals surface area contributed by atoms with Gasteiger partial charge >= 0.3 is 0 Å². The van der Waals surface area contributed by atoms with Crippen LogP contribution in [0.5, 0.6) is 0 Å². The number of anilines is 2. The van der Waals surface area contributed by atoms with E-state index in [0.29, 0.717) is 6.04 Å².